The van der Waals surface area contributed by atoms with E-state index >= 15 is 0 Å². The van der Waals surface area contributed by atoms with Crippen LogP contribution in [-0.2, 0) is 6.54 Å². The highest BCUT2D eigenvalue weighted by Gasteiger charge is 2.05. The van der Waals surface area contributed by atoms with Gasteiger partial charge < -0.3 is 10.1 Å². The first-order valence-corrected chi connectivity index (χ1v) is 5.89. The monoisotopic (exact) mass is 274 g/mol. The molecule has 0 aromatic heterocycles. The van der Waals surface area contributed by atoms with Crippen molar-refractivity contribution in [3.8, 4) is 11.8 Å². The molecule has 0 amide bonds. The van der Waals surface area contributed by atoms with Crippen LogP contribution < -0.4 is 10.1 Å². The van der Waals surface area contributed by atoms with Crippen molar-refractivity contribution in [2.75, 3.05) is 12.4 Å². The highest BCUT2D eigenvalue weighted by Crippen LogP contribution is 2.22. The average molecular weight is 274 g/mol. The summed E-state index contributed by atoms with van der Waals surface area (Å²) in [7, 11) is 1.49. The van der Waals surface area contributed by atoms with Gasteiger partial charge in [-0.3, -0.25) is 0 Å². The van der Waals surface area contributed by atoms with Crippen molar-refractivity contribution in [3.05, 3.63) is 59.2 Å². The van der Waals surface area contributed by atoms with E-state index < -0.39 is 11.6 Å². The van der Waals surface area contributed by atoms with Crippen LogP contribution in [0, 0.1) is 23.0 Å². The number of nitriles is 1. The Balaban J connectivity index is 2.16. The highest BCUT2D eigenvalue weighted by molar-refractivity contribution is 5.50. The molecule has 0 spiro atoms. The number of ether oxygens (including phenoxy) is 1. The maximum absolute atomic E-state index is 13.6. The first-order valence-electron chi connectivity index (χ1n) is 5.89. The van der Waals surface area contributed by atoms with Crippen LogP contribution in [0.15, 0.2) is 36.4 Å². The third kappa shape index (κ3) is 3.23. The normalized spacial score (nSPS) is 9.90. The van der Waals surface area contributed by atoms with Gasteiger partial charge in [-0.2, -0.15) is 5.26 Å². The summed E-state index contributed by atoms with van der Waals surface area (Å²) in [6.07, 6.45) is 0. The van der Waals surface area contributed by atoms with E-state index in [9.17, 15) is 8.78 Å². The molecule has 2 rings (SSSR count). The lowest BCUT2D eigenvalue weighted by Crippen LogP contribution is -2.02. The molecular formula is C15H12F2N2O. The van der Waals surface area contributed by atoms with Gasteiger partial charge in [0.05, 0.1) is 24.4 Å². The zero-order chi connectivity index (χ0) is 14.5. The lowest BCUT2D eigenvalue weighted by molar-refractivity contribution is 0.414. The third-order valence-corrected chi connectivity index (χ3v) is 2.74. The molecule has 0 saturated heterocycles. The number of nitrogens with one attached hydrogen (secondary N) is 1. The first-order chi connectivity index (χ1) is 9.62. The van der Waals surface area contributed by atoms with Gasteiger partial charge in [-0.1, -0.05) is 0 Å². The molecule has 2 aromatic carbocycles. The van der Waals surface area contributed by atoms with E-state index in [1.54, 1.807) is 6.07 Å². The number of nitrogens with zero attached hydrogens (tertiary/aromatic N) is 1. The number of halogens is 2. The summed E-state index contributed by atoms with van der Waals surface area (Å²) in [5, 5.41) is 11.6. The minimum atomic E-state index is -0.494. The number of hydrogen-bond acceptors (Lipinski definition) is 3. The van der Waals surface area contributed by atoms with Crippen LogP contribution in [0.2, 0.25) is 0 Å². The summed E-state index contributed by atoms with van der Waals surface area (Å²) < 4.78 is 31.9. The lowest BCUT2D eigenvalue weighted by Gasteiger charge is -2.09. The van der Waals surface area contributed by atoms with Gasteiger partial charge in [0.1, 0.15) is 17.4 Å². The number of anilines is 1. The van der Waals surface area contributed by atoms with Crippen LogP contribution in [0.5, 0.6) is 5.75 Å². The standard InChI is InChI=1S/C15H12F2N2O/c1-20-13-2-3-14(17)15(7-13)19-9-11-4-10(8-18)5-12(16)6-11/h2-7,19H,9H2,1H3. The lowest BCUT2D eigenvalue weighted by atomic mass is 10.1. The number of methoxy groups -OCH3 is 1. The molecule has 0 saturated carbocycles. The minimum absolute atomic E-state index is 0.205. The third-order valence-electron chi connectivity index (χ3n) is 2.74. The Morgan fingerprint density at radius 3 is 2.70 bits per heavy atom. The molecule has 2 aromatic rings. The maximum Gasteiger partial charge on any atom is 0.146 e. The molecule has 102 valence electrons. The largest absolute Gasteiger partial charge is 0.497 e. The first kappa shape index (κ1) is 13.8. The Bertz CT molecular complexity index is 665. The number of hydrogen-bond donors (Lipinski definition) is 1. The summed E-state index contributed by atoms with van der Waals surface area (Å²) in [6, 6.07) is 10.2. The van der Waals surface area contributed by atoms with Gasteiger partial charge >= 0.3 is 0 Å². The van der Waals surface area contributed by atoms with E-state index in [-0.39, 0.29) is 17.8 Å². The molecule has 20 heavy (non-hydrogen) atoms. The van der Waals surface area contributed by atoms with Crippen molar-refractivity contribution in [1.82, 2.24) is 0 Å². The van der Waals surface area contributed by atoms with E-state index in [1.165, 1.54) is 31.4 Å². The quantitative estimate of drug-likeness (QED) is 0.928. The van der Waals surface area contributed by atoms with Gasteiger partial charge in [0.2, 0.25) is 0 Å². The zero-order valence-electron chi connectivity index (χ0n) is 10.8. The van der Waals surface area contributed by atoms with Crippen LogP contribution in [-0.4, -0.2) is 7.11 Å². The Kier molecular flexibility index (Phi) is 4.16. The SMILES string of the molecule is COc1ccc(F)c(NCc2cc(F)cc(C#N)c2)c1. The van der Waals surface area contributed by atoms with Crippen molar-refractivity contribution in [2.45, 2.75) is 6.54 Å². The molecule has 0 unspecified atom stereocenters. The van der Waals surface area contributed by atoms with E-state index in [0.29, 0.717) is 11.3 Å². The Labute approximate surface area is 115 Å². The molecule has 5 heteroatoms. The van der Waals surface area contributed by atoms with Gasteiger partial charge in [-0.15, -0.1) is 0 Å². The Morgan fingerprint density at radius 2 is 2.00 bits per heavy atom. The van der Waals surface area contributed by atoms with E-state index in [2.05, 4.69) is 5.32 Å². The van der Waals surface area contributed by atoms with Crippen LogP contribution in [0.4, 0.5) is 14.5 Å². The van der Waals surface area contributed by atoms with Gasteiger partial charge in [0.25, 0.3) is 0 Å². The molecule has 0 aliphatic rings. The number of benzene rings is 2. The van der Waals surface area contributed by atoms with Crippen LogP contribution in [0.1, 0.15) is 11.1 Å². The highest BCUT2D eigenvalue weighted by atomic mass is 19.1. The summed E-state index contributed by atoms with van der Waals surface area (Å²) in [4.78, 5) is 0. The number of rotatable bonds is 4. The molecule has 0 heterocycles. The molecule has 0 radical (unpaired) electrons. The van der Waals surface area contributed by atoms with Crippen molar-refractivity contribution in [3.63, 3.8) is 0 Å². The van der Waals surface area contributed by atoms with Gasteiger partial charge in [-0.05, 0) is 35.9 Å². The predicted molar refractivity (Wildman–Crippen MR) is 71.4 cm³/mol. The van der Waals surface area contributed by atoms with Crippen LogP contribution >= 0.6 is 0 Å². The zero-order valence-corrected chi connectivity index (χ0v) is 10.8. The van der Waals surface area contributed by atoms with Crippen molar-refractivity contribution in [1.29, 1.82) is 5.26 Å². The smallest absolute Gasteiger partial charge is 0.146 e. The van der Waals surface area contributed by atoms with E-state index in [1.807, 2.05) is 6.07 Å². The van der Waals surface area contributed by atoms with Crippen LogP contribution in [0.25, 0.3) is 0 Å². The molecule has 3 nitrogen and oxygen atoms in total. The van der Waals surface area contributed by atoms with Gasteiger partial charge in [0.15, 0.2) is 0 Å². The summed E-state index contributed by atoms with van der Waals surface area (Å²) in [5.41, 5.74) is 1.05. The molecular weight excluding hydrogens is 262 g/mol. The Hall–Kier alpha value is -2.61. The van der Waals surface area contributed by atoms with Gasteiger partial charge in [0, 0.05) is 12.6 Å². The minimum Gasteiger partial charge on any atom is -0.497 e. The van der Waals surface area contributed by atoms with E-state index in [0.717, 1.165) is 6.07 Å². The molecule has 0 bridgehead atoms. The maximum atomic E-state index is 13.6. The molecule has 0 aliphatic heterocycles. The van der Waals surface area contributed by atoms with Crippen molar-refractivity contribution < 1.29 is 13.5 Å². The Morgan fingerprint density at radius 1 is 1.20 bits per heavy atom. The van der Waals surface area contributed by atoms with Crippen molar-refractivity contribution in [2.24, 2.45) is 0 Å². The summed E-state index contributed by atoms with van der Waals surface area (Å²) in [6.45, 7) is 0.205. The topological polar surface area (TPSA) is 45.0 Å². The fourth-order valence-corrected chi connectivity index (χ4v) is 1.78. The summed E-state index contributed by atoms with van der Waals surface area (Å²) >= 11 is 0. The molecule has 0 aliphatic carbocycles. The second kappa shape index (κ2) is 6.02. The fourth-order valence-electron chi connectivity index (χ4n) is 1.78. The summed E-state index contributed by atoms with van der Waals surface area (Å²) in [5.74, 6) is -0.402. The molecule has 1 N–H and O–H groups in total. The second-order valence-corrected chi connectivity index (χ2v) is 4.16. The second-order valence-electron chi connectivity index (χ2n) is 4.16. The van der Waals surface area contributed by atoms with E-state index in [4.69, 9.17) is 10.00 Å². The predicted octanol–water partition coefficient (Wildman–Crippen LogP) is 3.46. The fraction of sp³-hybridized carbons (Fsp3) is 0.133. The molecule has 0 atom stereocenters. The van der Waals surface area contributed by atoms with Gasteiger partial charge in [-0.25, -0.2) is 8.78 Å². The van der Waals surface area contributed by atoms with Crippen molar-refractivity contribution >= 4 is 5.69 Å². The average Bonchev–Trinajstić information content (AvgIpc) is 2.45. The molecule has 0 fully saturated rings. The van der Waals surface area contributed by atoms with Crippen LogP contribution in [0.3, 0.4) is 0 Å².